The second-order valence-electron chi connectivity index (χ2n) is 11.7. The number of nitrogens with one attached hydrogen (secondary N) is 3. The van der Waals surface area contributed by atoms with Gasteiger partial charge in [0.15, 0.2) is 0 Å². The van der Waals surface area contributed by atoms with Crippen molar-refractivity contribution in [1.82, 2.24) is 0 Å². The van der Waals surface area contributed by atoms with E-state index in [1.54, 1.807) is 0 Å². The molecule has 0 fully saturated rings. The minimum atomic E-state index is 0.0928. The topological polar surface area (TPSA) is 36.1 Å². The van der Waals surface area contributed by atoms with Gasteiger partial charge in [-0.1, -0.05) is 92.2 Å². The summed E-state index contributed by atoms with van der Waals surface area (Å²) in [7, 11) is 0. The first-order valence-electron chi connectivity index (χ1n) is 15.9. The third-order valence-electron chi connectivity index (χ3n) is 8.14. The standard InChI is InChI=1S/C42H41N3/c1-3-4-11-32-12-9-16-41(30-32)45-39-27-21-35(22-28-39)42(33-17-23-37(24-18-33)43-36-13-6-5-7-14-36)34-19-25-38(26-20-34)44-40-15-8-10-31(2)29-40/h5-10,12-30,42-45H,3-4,11H2,1-2H3. The lowest BCUT2D eigenvalue weighted by Gasteiger charge is -2.21. The number of hydrogen-bond donors (Lipinski definition) is 3. The van der Waals surface area contributed by atoms with E-state index in [4.69, 9.17) is 0 Å². The molecule has 6 aromatic carbocycles. The molecule has 45 heavy (non-hydrogen) atoms. The largest absolute Gasteiger partial charge is 0.356 e. The zero-order valence-electron chi connectivity index (χ0n) is 26.1. The van der Waals surface area contributed by atoms with E-state index in [9.17, 15) is 0 Å². The first kappa shape index (κ1) is 29.8. The Balaban J connectivity index is 1.26. The Hall–Kier alpha value is -5.28. The first-order chi connectivity index (χ1) is 22.1. The molecule has 3 nitrogen and oxygen atoms in total. The average Bonchev–Trinajstić information content (AvgIpc) is 3.07. The van der Waals surface area contributed by atoms with E-state index >= 15 is 0 Å². The van der Waals surface area contributed by atoms with Crippen molar-refractivity contribution in [1.29, 1.82) is 0 Å². The van der Waals surface area contributed by atoms with Crippen molar-refractivity contribution in [2.45, 2.75) is 39.0 Å². The lowest BCUT2D eigenvalue weighted by Crippen LogP contribution is -2.04. The van der Waals surface area contributed by atoms with Crippen molar-refractivity contribution < 1.29 is 0 Å². The van der Waals surface area contributed by atoms with Crippen molar-refractivity contribution in [3.05, 3.63) is 179 Å². The fourth-order valence-corrected chi connectivity index (χ4v) is 5.78. The molecule has 6 rings (SSSR count). The van der Waals surface area contributed by atoms with Crippen LogP contribution in [0.1, 0.15) is 53.5 Å². The summed E-state index contributed by atoms with van der Waals surface area (Å²) in [6.07, 6.45) is 3.54. The van der Waals surface area contributed by atoms with Gasteiger partial charge in [-0.15, -0.1) is 0 Å². The zero-order valence-corrected chi connectivity index (χ0v) is 26.1. The lowest BCUT2D eigenvalue weighted by molar-refractivity contribution is 0.795. The molecule has 224 valence electrons. The summed E-state index contributed by atoms with van der Waals surface area (Å²) in [5.74, 6) is 0.0928. The summed E-state index contributed by atoms with van der Waals surface area (Å²) >= 11 is 0. The van der Waals surface area contributed by atoms with Crippen LogP contribution in [-0.4, -0.2) is 0 Å². The Morgan fingerprint density at radius 2 is 0.889 bits per heavy atom. The number of anilines is 6. The van der Waals surface area contributed by atoms with Gasteiger partial charge in [0, 0.05) is 40.0 Å². The Labute approximate surface area is 268 Å². The number of benzene rings is 6. The predicted octanol–water partition coefficient (Wildman–Crippen LogP) is 11.7. The summed E-state index contributed by atoms with van der Waals surface area (Å²) in [5.41, 5.74) is 12.9. The summed E-state index contributed by atoms with van der Waals surface area (Å²) in [6.45, 7) is 4.36. The van der Waals surface area contributed by atoms with Crippen LogP contribution < -0.4 is 16.0 Å². The molecule has 0 aliphatic rings. The highest BCUT2D eigenvalue weighted by Crippen LogP contribution is 2.35. The molecule has 6 aromatic rings. The van der Waals surface area contributed by atoms with Crippen LogP contribution in [0.4, 0.5) is 34.1 Å². The smallest absolute Gasteiger partial charge is 0.0386 e. The summed E-state index contributed by atoms with van der Waals surface area (Å²) in [5, 5.41) is 10.7. The monoisotopic (exact) mass is 587 g/mol. The Morgan fingerprint density at radius 3 is 1.40 bits per heavy atom. The molecule has 0 saturated carbocycles. The summed E-state index contributed by atoms with van der Waals surface area (Å²) < 4.78 is 0. The van der Waals surface area contributed by atoms with Gasteiger partial charge >= 0.3 is 0 Å². The number of hydrogen-bond acceptors (Lipinski definition) is 3. The van der Waals surface area contributed by atoms with Crippen molar-refractivity contribution in [2.24, 2.45) is 0 Å². The fourth-order valence-electron chi connectivity index (χ4n) is 5.78. The van der Waals surface area contributed by atoms with Crippen LogP contribution in [0.2, 0.25) is 0 Å². The number of unbranched alkanes of at least 4 members (excludes halogenated alkanes) is 1. The molecule has 3 N–H and O–H groups in total. The van der Waals surface area contributed by atoms with Gasteiger partial charge in [-0.2, -0.15) is 0 Å². The van der Waals surface area contributed by atoms with Gasteiger partial charge in [-0.25, -0.2) is 0 Å². The van der Waals surface area contributed by atoms with Gasteiger partial charge in [0.1, 0.15) is 0 Å². The van der Waals surface area contributed by atoms with Crippen LogP contribution in [-0.2, 0) is 6.42 Å². The Bertz CT molecular complexity index is 1790. The van der Waals surface area contributed by atoms with Crippen LogP contribution >= 0.6 is 0 Å². The second kappa shape index (κ2) is 14.5. The van der Waals surface area contributed by atoms with Crippen LogP contribution in [0, 0.1) is 6.92 Å². The number of aryl methyl sites for hydroxylation is 2. The maximum atomic E-state index is 3.62. The van der Waals surface area contributed by atoms with Gasteiger partial charge in [0.2, 0.25) is 0 Å². The molecular formula is C42H41N3. The summed E-state index contributed by atoms with van der Waals surface area (Å²) in [6, 6.07) is 54.1. The van der Waals surface area contributed by atoms with E-state index in [1.807, 2.05) is 18.2 Å². The second-order valence-corrected chi connectivity index (χ2v) is 11.7. The molecule has 0 spiro atoms. The van der Waals surface area contributed by atoms with Gasteiger partial charge in [0.25, 0.3) is 0 Å². The quantitative estimate of drug-likeness (QED) is 0.125. The number of para-hydroxylation sites is 1. The van der Waals surface area contributed by atoms with E-state index in [2.05, 4.69) is 163 Å². The summed E-state index contributed by atoms with van der Waals surface area (Å²) in [4.78, 5) is 0. The maximum Gasteiger partial charge on any atom is 0.0386 e. The van der Waals surface area contributed by atoms with Crippen LogP contribution in [0.25, 0.3) is 0 Å². The van der Waals surface area contributed by atoms with Crippen LogP contribution in [0.3, 0.4) is 0 Å². The predicted molar refractivity (Wildman–Crippen MR) is 193 cm³/mol. The van der Waals surface area contributed by atoms with Gasteiger partial charge in [-0.3, -0.25) is 0 Å². The molecule has 0 aliphatic carbocycles. The molecule has 1 atom stereocenters. The highest BCUT2D eigenvalue weighted by molar-refractivity contribution is 5.64. The Morgan fingerprint density at radius 1 is 0.444 bits per heavy atom. The highest BCUT2D eigenvalue weighted by atomic mass is 14.9. The highest BCUT2D eigenvalue weighted by Gasteiger charge is 2.17. The van der Waals surface area contributed by atoms with Crippen molar-refractivity contribution in [3.63, 3.8) is 0 Å². The molecule has 0 amide bonds. The molecule has 0 heterocycles. The third-order valence-corrected chi connectivity index (χ3v) is 8.14. The number of rotatable bonds is 12. The molecule has 0 radical (unpaired) electrons. The molecule has 0 aliphatic heterocycles. The SMILES string of the molecule is CCCCc1cccc(Nc2ccc(C(c3ccc(Nc4ccccc4)cc3)c3ccc(Nc4cccc(C)c4)cc3)cc2)c1. The molecule has 0 aromatic heterocycles. The van der Waals surface area contributed by atoms with Gasteiger partial charge in [0.05, 0.1) is 0 Å². The van der Waals surface area contributed by atoms with Gasteiger partial charge < -0.3 is 16.0 Å². The maximum absolute atomic E-state index is 3.62. The third kappa shape index (κ3) is 8.01. The molecular weight excluding hydrogens is 546 g/mol. The van der Waals surface area contributed by atoms with E-state index in [0.29, 0.717) is 0 Å². The normalized spacial score (nSPS) is 11.5. The molecule has 1 unspecified atom stereocenters. The molecule has 0 bridgehead atoms. The van der Waals surface area contributed by atoms with Crippen LogP contribution in [0.5, 0.6) is 0 Å². The molecule has 3 heteroatoms. The first-order valence-corrected chi connectivity index (χ1v) is 15.9. The Kier molecular flexibility index (Phi) is 9.57. The van der Waals surface area contributed by atoms with E-state index in [0.717, 1.165) is 40.5 Å². The van der Waals surface area contributed by atoms with Crippen molar-refractivity contribution in [3.8, 4) is 0 Å². The minimum Gasteiger partial charge on any atom is -0.356 e. The van der Waals surface area contributed by atoms with Crippen LogP contribution in [0.15, 0.2) is 152 Å². The fraction of sp³-hybridized carbons (Fsp3) is 0.143. The van der Waals surface area contributed by atoms with Crippen molar-refractivity contribution >= 4 is 34.1 Å². The molecule has 0 saturated heterocycles. The zero-order chi connectivity index (χ0) is 30.8. The minimum absolute atomic E-state index is 0.0928. The average molecular weight is 588 g/mol. The van der Waals surface area contributed by atoms with Crippen molar-refractivity contribution in [2.75, 3.05) is 16.0 Å². The van der Waals surface area contributed by atoms with E-state index in [-0.39, 0.29) is 5.92 Å². The lowest BCUT2D eigenvalue weighted by atomic mass is 9.85. The van der Waals surface area contributed by atoms with E-state index < -0.39 is 0 Å². The van der Waals surface area contributed by atoms with E-state index in [1.165, 1.54) is 40.7 Å². The van der Waals surface area contributed by atoms with Gasteiger partial charge in [-0.05, 0) is 120 Å².